The van der Waals surface area contributed by atoms with E-state index in [2.05, 4.69) is 0 Å². The molecule has 2 heterocycles. The predicted molar refractivity (Wildman–Crippen MR) is 85.6 cm³/mol. The van der Waals surface area contributed by atoms with Crippen LogP contribution >= 0.6 is 0 Å². The number of aliphatic hydroxyl groups excluding tert-OH is 4. The maximum atomic E-state index is 12.4. The van der Waals surface area contributed by atoms with Gasteiger partial charge in [-0.15, -0.1) is 0 Å². The van der Waals surface area contributed by atoms with Crippen molar-refractivity contribution in [2.75, 3.05) is 13.7 Å². The Bertz CT molecular complexity index is 617. The van der Waals surface area contributed by atoms with Gasteiger partial charge in [0, 0.05) is 12.3 Å². The van der Waals surface area contributed by atoms with Crippen molar-refractivity contribution in [1.29, 1.82) is 0 Å². The number of aliphatic hydroxyl groups is 4. The quantitative estimate of drug-likeness (QED) is 0.400. The van der Waals surface area contributed by atoms with Crippen LogP contribution in [0.25, 0.3) is 0 Å². The lowest BCUT2D eigenvalue weighted by Crippen LogP contribution is -2.60. The summed E-state index contributed by atoms with van der Waals surface area (Å²) in [5.41, 5.74) is 0.102. The van der Waals surface area contributed by atoms with Crippen molar-refractivity contribution in [2.45, 2.75) is 50.3 Å². The molecule has 152 valence electrons. The normalized spacial score (nSPS) is 44.3. The highest BCUT2D eigenvalue weighted by atomic mass is 16.8. The fourth-order valence-corrected chi connectivity index (χ4v) is 3.96. The number of methoxy groups -OCH3 is 1. The molecule has 3 rings (SSSR count). The maximum absolute atomic E-state index is 12.4. The van der Waals surface area contributed by atoms with Crippen molar-refractivity contribution in [3.05, 3.63) is 11.8 Å². The van der Waals surface area contributed by atoms with E-state index < -0.39 is 61.4 Å². The van der Waals surface area contributed by atoms with Crippen molar-refractivity contribution in [2.24, 2.45) is 17.8 Å². The zero-order chi connectivity index (χ0) is 19.9. The molecular formula is C17H24O10. The first-order valence-corrected chi connectivity index (χ1v) is 8.72. The molecule has 0 radical (unpaired) electrons. The van der Waals surface area contributed by atoms with E-state index in [1.807, 2.05) is 6.92 Å². The molecule has 1 aliphatic carbocycles. The molecule has 0 spiro atoms. The Kier molecular flexibility index (Phi) is 5.84. The average molecular weight is 388 g/mol. The number of fused-ring (bicyclic) bond motifs is 1. The number of rotatable bonds is 4. The molecule has 0 unspecified atom stereocenters. The van der Waals surface area contributed by atoms with E-state index in [0.717, 1.165) is 6.26 Å². The Hall–Kier alpha value is -1.56. The second kappa shape index (κ2) is 7.82. The molecular weight excluding hydrogens is 364 g/mol. The Labute approximate surface area is 155 Å². The van der Waals surface area contributed by atoms with Crippen LogP contribution in [0.4, 0.5) is 0 Å². The van der Waals surface area contributed by atoms with Crippen molar-refractivity contribution in [3.8, 4) is 0 Å². The van der Waals surface area contributed by atoms with Gasteiger partial charge in [0.15, 0.2) is 6.29 Å². The monoisotopic (exact) mass is 388 g/mol. The molecule has 27 heavy (non-hydrogen) atoms. The summed E-state index contributed by atoms with van der Waals surface area (Å²) >= 11 is 0. The molecule has 0 amide bonds. The van der Waals surface area contributed by atoms with E-state index >= 15 is 0 Å². The third-order valence-electron chi connectivity index (χ3n) is 5.43. The van der Waals surface area contributed by atoms with Crippen LogP contribution in [0.15, 0.2) is 11.8 Å². The molecule has 0 aromatic carbocycles. The van der Waals surface area contributed by atoms with Gasteiger partial charge in [-0.05, 0) is 5.92 Å². The molecule has 3 aliphatic rings. The third-order valence-corrected chi connectivity index (χ3v) is 5.43. The highest BCUT2D eigenvalue weighted by Crippen LogP contribution is 2.45. The van der Waals surface area contributed by atoms with Gasteiger partial charge in [0.25, 0.3) is 0 Å². The minimum absolute atomic E-state index is 0.102. The Balaban J connectivity index is 1.82. The number of hydrogen-bond donors (Lipinski definition) is 4. The van der Waals surface area contributed by atoms with Gasteiger partial charge in [-0.2, -0.15) is 0 Å². The topological polar surface area (TPSA) is 152 Å². The van der Waals surface area contributed by atoms with Gasteiger partial charge in [0.2, 0.25) is 6.29 Å². The summed E-state index contributed by atoms with van der Waals surface area (Å²) in [6.45, 7) is 1.22. The SMILES string of the molecule is COC(=O)C1=CO[C@@H](O[C@H]2O[C@H](CO)[C@@H](O)[C@H](O)[C@H]2O)[C@H]2[C@@H]1C(=O)C[C@@H]2C. The van der Waals surface area contributed by atoms with E-state index in [1.54, 1.807) is 0 Å². The molecule has 2 aliphatic heterocycles. The highest BCUT2D eigenvalue weighted by Gasteiger charge is 2.54. The standard InChI is InChI=1S/C17H24O10/c1-6-3-8(19)11-7(15(23)24-2)5-25-16(10(6)11)27-17-14(22)13(21)12(20)9(4-18)26-17/h5-6,9-14,16-18,20-22H,3-4H2,1-2H3/t6-,9+,10+,11-,12+,13-,14+,16-,17+/m0/s1. The van der Waals surface area contributed by atoms with Crippen LogP contribution in [0, 0.1) is 17.8 Å². The molecule has 4 N–H and O–H groups in total. The van der Waals surface area contributed by atoms with Gasteiger partial charge in [-0.3, -0.25) is 4.79 Å². The van der Waals surface area contributed by atoms with Crippen LogP contribution in [-0.2, 0) is 28.5 Å². The Morgan fingerprint density at radius 3 is 2.56 bits per heavy atom. The Morgan fingerprint density at radius 2 is 1.93 bits per heavy atom. The fourth-order valence-electron chi connectivity index (χ4n) is 3.96. The van der Waals surface area contributed by atoms with Gasteiger partial charge >= 0.3 is 5.97 Å². The van der Waals surface area contributed by atoms with E-state index in [1.165, 1.54) is 7.11 Å². The molecule has 0 aromatic heterocycles. The summed E-state index contributed by atoms with van der Waals surface area (Å²) in [5, 5.41) is 39.1. The second-order valence-corrected chi connectivity index (χ2v) is 7.11. The minimum Gasteiger partial charge on any atom is -0.472 e. The first-order chi connectivity index (χ1) is 12.8. The zero-order valence-corrected chi connectivity index (χ0v) is 14.9. The summed E-state index contributed by atoms with van der Waals surface area (Å²) in [4.78, 5) is 24.4. The maximum Gasteiger partial charge on any atom is 0.337 e. The van der Waals surface area contributed by atoms with Crippen LogP contribution in [0.5, 0.6) is 0 Å². The fraction of sp³-hybridized carbons (Fsp3) is 0.765. The number of carbonyl (C=O) groups excluding carboxylic acids is 2. The zero-order valence-electron chi connectivity index (χ0n) is 14.9. The van der Waals surface area contributed by atoms with Crippen molar-refractivity contribution < 1.29 is 49.0 Å². The second-order valence-electron chi connectivity index (χ2n) is 7.11. The van der Waals surface area contributed by atoms with Crippen molar-refractivity contribution >= 4 is 11.8 Å². The van der Waals surface area contributed by atoms with Gasteiger partial charge in [-0.25, -0.2) is 4.79 Å². The molecule has 9 atom stereocenters. The van der Waals surface area contributed by atoms with Crippen LogP contribution in [-0.4, -0.2) is 82.9 Å². The smallest absolute Gasteiger partial charge is 0.337 e. The molecule has 10 heteroatoms. The molecule has 0 bridgehead atoms. The summed E-state index contributed by atoms with van der Waals surface area (Å²) in [6.07, 6.45) is -6.93. The van der Waals surface area contributed by atoms with E-state index in [-0.39, 0.29) is 23.7 Å². The van der Waals surface area contributed by atoms with Gasteiger partial charge in [-0.1, -0.05) is 6.92 Å². The number of Topliss-reactive ketones (excluding diaryl/α,β-unsaturated/α-hetero) is 1. The summed E-state index contributed by atoms with van der Waals surface area (Å²) in [5.74, 6) is -2.28. The number of ether oxygens (including phenoxy) is 4. The summed E-state index contributed by atoms with van der Waals surface area (Å²) in [7, 11) is 1.21. The van der Waals surface area contributed by atoms with Crippen LogP contribution in [0.1, 0.15) is 13.3 Å². The Morgan fingerprint density at radius 1 is 1.22 bits per heavy atom. The number of ketones is 1. The number of esters is 1. The average Bonchev–Trinajstić information content (AvgIpc) is 2.96. The first kappa shape index (κ1) is 20.2. The molecule has 1 saturated heterocycles. The van der Waals surface area contributed by atoms with Gasteiger partial charge in [0.05, 0.1) is 31.5 Å². The first-order valence-electron chi connectivity index (χ1n) is 8.72. The molecule has 10 nitrogen and oxygen atoms in total. The van der Waals surface area contributed by atoms with Gasteiger partial charge < -0.3 is 39.4 Å². The summed E-state index contributed by atoms with van der Waals surface area (Å²) in [6, 6.07) is 0. The van der Waals surface area contributed by atoms with E-state index in [9.17, 15) is 30.0 Å². The molecule has 2 fully saturated rings. The number of hydrogen-bond acceptors (Lipinski definition) is 10. The third kappa shape index (κ3) is 3.48. The molecule has 1 saturated carbocycles. The lowest BCUT2D eigenvalue weighted by atomic mass is 9.83. The predicted octanol–water partition coefficient (Wildman–Crippen LogP) is -1.94. The number of carbonyl (C=O) groups is 2. The van der Waals surface area contributed by atoms with Crippen LogP contribution < -0.4 is 0 Å². The largest absolute Gasteiger partial charge is 0.472 e. The summed E-state index contributed by atoms with van der Waals surface area (Å²) < 4.78 is 21.2. The van der Waals surface area contributed by atoms with Crippen molar-refractivity contribution in [1.82, 2.24) is 0 Å². The van der Waals surface area contributed by atoms with E-state index in [0.29, 0.717) is 0 Å². The highest BCUT2D eigenvalue weighted by molar-refractivity contribution is 5.99. The van der Waals surface area contributed by atoms with E-state index in [4.69, 9.17) is 18.9 Å². The van der Waals surface area contributed by atoms with Crippen LogP contribution in [0.2, 0.25) is 0 Å². The van der Waals surface area contributed by atoms with Crippen molar-refractivity contribution in [3.63, 3.8) is 0 Å². The lowest BCUT2D eigenvalue weighted by molar-refractivity contribution is -0.342. The molecule has 0 aromatic rings. The lowest BCUT2D eigenvalue weighted by Gasteiger charge is -2.42. The van der Waals surface area contributed by atoms with Crippen LogP contribution in [0.3, 0.4) is 0 Å². The van der Waals surface area contributed by atoms with Gasteiger partial charge in [0.1, 0.15) is 30.2 Å². The minimum atomic E-state index is -1.59.